The van der Waals surface area contributed by atoms with Crippen LogP contribution in [-0.2, 0) is 4.79 Å². The van der Waals surface area contributed by atoms with Crippen LogP contribution in [0.15, 0.2) is 4.34 Å². The first-order valence-electron chi connectivity index (χ1n) is 5.70. The Morgan fingerprint density at radius 1 is 1.44 bits per heavy atom. The van der Waals surface area contributed by atoms with E-state index in [0.29, 0.717) is 6.42 Å². The summed E-state index contributed by atoms with van der Waals surface area (Å²) in [6.07, 6.45) is 1.54. The molecule has 5 nitrogen and oxygen atoms in total. The summed E-state index contributed by atoms with van der Waals surface area (Å²) in [6, 6.07) is 0. The van der Waals surface area contributed by atoms with Gasteiger partial charge in [-0.3, -0.25) is 4.79 Å². The summed E-state index contributed by atoms with van der Waals surface area (Å²) < 4.78 is 0.937. The lowest BCUT2D eigenvalue weighted by atomic mass is 9.88. The molecule has 0 aliphatic rings. The monoisotopic (exact) mass is 289 g/mol. The Hall–Kier alpha value is -0.820. The van der Waals surface area contributed by atoms with Gasteiger partial charge in [-0.2, -0.15) is 0 Å². The predicted octanol–water partition coefficient (Wildman–Crippen LogP) is 2.59. The highest BCUT2D eigenvalue weighted by Crippen LogP contribution is 2.29. The fourth-order valence-corrected chi connectivity index (χ4v) is 3.00. The number of carboxylic acid groups (broad SMARTS) is 1. The molecule has 0 saturated carbocycles. The van der Waals surface area contributed by atoms with Crippen molar-refractivity contribution in [3.05, 3.63) is 0 Å². The maximum absolute atomic E-state index is 10.9. The summed E-state index contributed by atoms with van der Waals surface area (Å²) in [4.78, 5) is 12.9. The van der Waals surface area contributed by atoms with Gasteiger partial charge in [-0.05, 0) is 26.7 Å². The molecule has 1 N–H and O–H groups in total. The van der Waals surface area contributed by atoms with Gasteiger partial charge in [0.15, 0.2) is 4.34 Å². The van der Waals surface area contributed by atoms with Gasteiger partial charge in [-0.25, -0.2) is 0 Å². The molecule has 1 heterocycles. The van der Waals surface area contributed by atoms with Gasteiger partial charge in [-0.1, -0.05) is 23.1 Å². The number of anilines is 1. The van der Waals surface area contributed by atoms with Crippen molar-refractivity contribution in [3.63, 3.8) is 0 Å². The van der Waals surface area contributed by atoms with E-state index in [1.165, 1.54) is 0 Å². The van der Waals surface area contributed by atoms with Crippen molar-refractivity contribution >= 4 is 34.2 Å². The minimum atomic E-state index is -0.738. The Balaban J connectivity index is 2.31. The molecule has 0 aliphatic carbocycles. The molecule has 0 radical (unpaired) electrons. The van der Waals surface area contributed by atoms with Crippen molar-refractivity contribution in [1.29, 1.82) is 0 Å². The molecule has 0 bridgehead atoms. The first-order valence-corrected chi connectivity index (χ1v) is 7.50. The second-order valence-electron chi connectivity index (χ2n) is 4.89. The van der Waals surface area contributed by atoms with Crippen LogP contribution >= 0.6 is 23.1 Å². The maximum atomic E-state index is 10.9. The lowest BCUT2D eigenvalue weighted by Gasteiger charge is -2.18. The van der Waals surface area contributed by atoms with Gasteiger partial charge in [0, 0.05) is 19.8 Å². The summed E-state index contributed by atoms with van der Waals surface area (Å²) in [5, 5.41) is 18.0. The quantitative estimate of drug-likeness (QED) is 0.615. The molecule has 1 aromatic heterocycles. The Labute approximate surface area is 116 Å². The van der Waals surface area contributed by atoms with Gasteiger partial charge in [0.2, 0.25) is 5.13 Å². The fraction of sp³-hybridized carbons (Fsp3) is 0.727. The number of aliphatic carboxylic acids is 1. The molecular weight excluding hydrogens is 270 g/mol. The minimum Gasteiger partial charge on any atom is -0.481 e. The number of rotatable bonds is 7. The Morgan fingerprint density at radius 3 is 2.61 bits per heavy atom. The smallest absolute Gasteiger partial charge is 0.309 e. The van der Waals surface area contributed by atoms with Crippen molar-refractivity contribution in [2.45, 2.75) is 31.0 Å². The molecule has 7 heteroatoms. The third kappa shape index (κ3) is 4.45. The highest BCUT2D eigenvalue weighted by atomic mass is 32.2. The van der Waals surface area contributed by atoms with Crippen molar-refractivity contribution in [2.75, 3.05) is 24.7 Å². The summed E-state index contributed by atoms with van der Waals surface area (Å²) in [5.41, 5.74) is -0.642. The first kappa shape index (κ1) is 15.2. The third-order valence-corrected chi connectivity index (χ3v) is 4.84. The lowest BCUT2D eigenvalue weighted by Crippen LogP contribution is -2.23. The van der Waals surface area contributed by atoms with E-state index in [1.54, 1.807) is 36.9 Å². The largest absolute Gasteiger partial charge is 0.481 e. The number of carboxylic acids is 1. The van der Waals surface area contributed by atoms with Gasteiger partial charge in [0.25, 0.3) is 0 Å². The number of carbonyl (C=O) groups is 1. The van der Waals surface area contributed by atoms with E-state index in [0.717, 1.165) is 21.6 Å². The van der Waals surface area contributed by atoms with Gasteiger partial charge in [0.1, 0.15) is 0 Å². The topological polar surface area (TPSA) is 66.3 Å². The summed E-state index contributed by atoms with van der Waals surface area (Å²) >= 11 is 3.19. The van der Waals surface area contributed by atoms with E-state index in [-0.39, 0.29) is 0 Å². The van der Waals surface area contributed by atoms with E-state index < -0.39 is 11.4 Å². The van der Waals surface area contributed by atoms with Crippen molar-refractivity contribution in [1.82, 2.24) is 10.2 Å². The van der Waals surface area contributed by atoms with E-state index >= 15 is 0 Å². The Kier molecular flexibility index (Phi) is 5.40. The molecule has 0 saturated heterocycles. The zero-order valence-corrected chi connectivity index (χ0v) is 12.8. The fourth-order valence-electron chi connectivity index (χ4n) is 1.22. The predicted molar refractivity (Wildman–Crippen MR) is 75.6 cm³/mol. The molecule has 1 rings (SSSR count). The van der Waals surface area contributed by atoms with E-state index in [4.69, 9.17) is 5.11 Å². The summed E-state index contributed by atoms with van der Waals surface area (Å²) in [6.45, 7) is 3.52. The molecule has 1 aromatic rings. The van der Waals surface area contributed by atoms with Crippen LogP contribution in [0.4, 0.5) is 5.13 Å². The number of thioether (sulfide) groups is 1. The van der Waals surface area contributed by atoms with Crippen LogP contribution in [-0.4, -0.2) is 41.1 Å². The lowest BCUT2D eigenvalue weighted by molar-refractivity contribution is -0.147. The number of hydrogen-bond acceptors (Lipinski definition) is 6. The molecule has 0 aromatic carbocycles. The molecule has 0 amide bonds. The molecule has 102 valence electrons. The van der Waals surface area contributed by atoms with Crippen molar-refractivity contribution in [3.8, 4) is 0 Å². The van der Waals surface area contributed by atoms with Gasteiger partial charge >= 0.3 is 5.97 Å². The van der Waals surface area contributed by atoms with E-state index in [2.05, 4.69) is 10.2 Å². The minimum absolute atomic E-state index is 0.642. The second-order valence-corrected chi connectivity index (χ2v) is 7.18. The molecular formula is C11H19N3O2S2. The first-order chi connectivity index (χ1) is 8.33. The molecule has 18 heavy (non-hydrogen) atoms. The average molecular weight is 289 g/mol. The van der Waals surface area contributed by atoms with Crippen molar-refractivity contribution < 1.29 is 9.90 Å². The van der Waals surface area contributed by atoms with Gasteiger partial charge < -0.3 is 10.0 Å². The Bertz CT molecular complexity index is 405. The zero-order chi connectivity index (χ0) is 13.8. The standard InChI is InChI=1S/C11H19N3O2S2/c1-11(2,8(15)16)6-5-7-17-10-13-12-9(18-10)14(3)4/h5-7H2,1-4H3,(H,15,16). The molecule has 0 aliphatic heterocycles. The number of nitrogens with zero attached hydrogens (tertiary/aromatic N) is 3. The molecule has 0 unspecified atom stereocenters. The molecule has 0 fully saturated rings. The zero-order valence-electron chi connectivity index (χ0n) is 11.1. The maximum Gasteiger partial charge on any atom is 0.309 e. The highest BCUT2D eigenvalue weighted by molar-refractivity contribution is 8.01. The third-order valence-electron chi connectivity index (χ3n) is 2.53. The normalized spacial score (nSPS) is 11.6. The van der Waals surface area contributed by atoms with E-state index in [9.17, 15) is 4.79 Å². The summed E-state index contributed by atoms with van der Waals surface area (Å²) in [7, 11) is 3.87. The average Bonchev–Trinajstić information content (AvgIpc) is 2.73. The van der Waals surface area contributed by atoms with Crippen LogP contribution in [0.1, 0.15) is 26.7 Å². The Morgan fingerprint density at radius 2 is 2.11 bits per heavy atom. The van der Waals surface area contributed by atoms with Gasteiger partial charge in [-0.15, -0.1) is 10.2 Å². The second kappa shape index (κ2) is 6.38. The van der Waals surface area contributed by atoms with E-state index in [1.807, 2.05) is 19.0 Å². The van der Waals surface area contributed by atoms with Gasteiger partial charge in [0.05, 0.1) is 5.41 Å². The SMILES string of the molecule is CN(C)c1nnc(SCCCC(C)(C)C(=O)O)s1. The summed E-state index contributed by atoms with van der Waals surface area (Å²) in [5.74, 6) is 0.136. The molecule has 0 atom stereocenters. The number of aromatic nitrogens is 2. The van der Waals surface area contributed by atoms with Crippen LogP contribution in [0.25, 0.3) is 0 Å². The molecule has 0 spiro atoms. The van der Waals surface area contributed by atoms with Crippen LogP contribution in [0.5, 0.6) is 0 Å². The number of hydrogen-bond donors (Lipinski definition) is 1. The van der Waals surface area contributed by atoms with Crippen molar-refractivity contribution in [2.24, 2.45) is 5.41 Å². The highest BCUT2D eigenvalue weighted by Gasteiger charge is 2.26. The van der Waals surface area contributed by atoms with Crippen LogP contribution in [0.3, 0.4) is 0 Å². The van der Waals surface area contributed by atoms with Crippen LogP contribution < -0.4 is 4.90 Å². The van der Waals surface area contributed by atoms with Crippen LogP contribution in [0, 0.1) is 5.41 Å². The van der Waals surface area contributed by atoms with Crippen LogP contribution in [0.2, 0.25) is 0 Å².